The van der Waals surface area contributed by atoms with E-state index in [4.69, 9.17) is 4.74 Å². The van der Waals surface area contributed by atoms with Gasteiger partial charge in [-0.1, -0.05) is 11.6 Å². The zero-order valence-corrected chi connectivity index (χ0v) is 13.0. The number of benzene rings is 1. The minimum Gasteiger partial charge on any atom is -0.496 e. The monoisotopic (exact) mass is 290 g/mol. The molecule has 2 aliphatic rings. The van der Waals surface area contributed by atoms with Crippen LogP contribution in [0.5, 0.6) is 5.75 Å². The quantitative estimate of drug-likeness (QED) is 0.869. The molecule has 3 unspecified atom stereocenters. The minimum absolute atomic E-state index is 0.518. The number of hydrogen-bond acceptors (Lipinski definition) is 4. The highest BCUT2D eigenvalue weighted by atomic mass is 16.5. The molecule has 0 bridgehead atoms. The Hall–Kier alpha value is -1.10. The van der Waals surface area contributed by atoms with Crippen molar-refractivity contribution in [2.24, 2.45) is 0 Å². The Morgan fingerprint density at radius 3 is 3.05 bits per heavy atom. The molecule has 1 aromatic carbocycles. The number of methoxy groups -OCH3 is 1. The van der Waals surface area contributed by atoms with E-state index in [9.17, 15) is 5.11 Å². The molecule has 0 radical (unpaired) electrons. The summed E-state index contributed by atoms with van der Waals surface area (Å²) in [6.45, 7) is 5.08. The maximum Gasteiger partial charge on any atom is 0.124 e. The smallest absolute Gasteiger partial charge is 0.124 e. The lowest BCUT2D eigenvalue weighted by molar-refractivity contribution is 0.162. The Morgan fingerprint density at radius 2 is 2.24 bits per heavy atom. The van der Waals surface area contributed by atoms with Gasteiger partial charge in [-0.3, -0.25) is 4.90 Å². The first kappa shape index (κ1) is 14.8. The van der Waals surface area contributed by atoms with Crippen molar-refractivity contribution in [1.29, 1.82) is 0 Å². The first-order valence-electron chi connectivity index (χ1n) is 7.99. The molecule has 21 heavy (non-hydrogen) atoms. The van der Waals surface area contributed by atoms with Crippen molar-refractivity contribution in [3.05, 3.63) is 29.3 Å². The molecule has 2 saturated heterocycles. The van der Waals surface area contributed by atoms with Crippen molar-refractivity contribution in [3.63, 3.8) is 0 Å². The molecular formula is C17H26N2O2. The second-order valence-electron chi connectivity index (χ2n) is 6.31. The highest BCUT2D eigenvalue weighted by Crippen LogP contribution is 2.29. The van der Waals surface area contributed by atoms with E-state index in [1.165, 1.54) is 32.4 Å². The summed E-state index contributed by atoms with van der Waals surface area (Å²) in [6, 6.07) is 7.16. The van der Waals surface area contributed by atoms with Gasteiger partial charge in [0.2, 0.25) is 0 Å². The van der Waals surface area contributed by atoms with E-state index in [0.717, 1.165) is 16.9 Å². The molecule has 2 heterocycles. The molecule has 116 valence electrons. The van der Waals surface area contributed by atoms with E-state index in [2.05, 4.69) is 10.2 Å². The standard InChI is InChI=1S/C17H26N2O2/c1-12-5-6-17(21-2)13(10-12)16(20)11-18-14-7-9-19-8-3-4-15(14)19/h5-6,10,14-16,18,20H,3-4,7-9,11H2,1-2H3. The average Bonchev–Trinajstić information content (AvgIpc) is 3.08. The molecule has 0 amide bonds. The number of aliphatic hydroxyl groups is 1. The van der Waals surface area contributed by atoms with Crippen molar-refractivity contribution in [1.82, 2.24) is 10.2 Å². The van der Waals surface area contributed by atoms with Crippen LogP contribution < -0.4 is 10.1 Å². The summed E-state index contributed by atoms with van der Waals surface area (Å²) < 4.78 is 5.37. The molecule has 0 aliphatic carbocycles. The predicted octanol–water partition coefficient (Wildman–Crippen LogP) is 1.86. The van der Waals surface area contributed by atoms with Gasteiger partial charge in [0.05, 0.1) is 13.2 Å². The molecule has 3 rings (SSSR count). The number of hydrogen-bond donors (Lipinski definition) is 2. The normalized spacial score (nSPS) is 26.8. The van der Waals surface area contributed by atoms with Crippen molar-refractivity contribution >= 4 is 0 Å². The summed E-state index contributed by atoms with van der Waals surface area (Å²) in [5.41, 5.74) is 2.03. The Kier molecular flexibility index (Phi) is 4.48. The van der Waals surface area contributed by atoms with Gasteiger partial charge < -0.3 is 15.2 Å². The number of aryl methyl sites for hydroxylation is 1. The van der Waals surface area contributed by atoms with E-state index in [1.807, 2.05) is 25.1 Å². The van der Waals surface area contributed by atoms with Crippen LogP contribution in [0.25, 0.3) is 0 Å². The van der Waals surface area contributed by atoms with Crippen LogP contribution in [0, 0.1) is 6.92 Å². The molecule has 0 aromatic heterocycles. The van der Waals surface area contributed by atoms with Crippen LogP contribution in [-0.4, -0.2) is 48.8 Å². The Morgan fingerprint density at radius 1 is 1.38 bits per heavy atom. The van der Waals surface area contributed by atoms with E-state index in [-0.39, 0.29) is 0 Å². The van der Waals surface area contributed by atoms with Crippen LogP contribution in [-0.2, 0) is 0 Å². The summed E-state index contributed by atoms with van der Waals surface area (Å²) in [4.78, 5) is 2.58. The van der Waals surface area contributed by atoms with Gasteiger partial charge in [-0.15, -0.1) is 0 Å². The van der Waals surface area contributed by atoms with Gasteiger partial charge in [-0.2, -0.15) is 0 Å². The van der Waals surface area contributed by atoms with Gasteiger partial charge >= 0.3 is 0 Å². The molecule has 3 atom stereocenters. The third kappa shape index (κ3) is 3.07. The first-order valence-corrected chi connectivity index (χ1v) is 7.99. The summed E-state index contributed by atoms with van der Waals surface area (Å²) in [6.07, 6.45) is 3.29. The van der Waals surface area contributed by atoms with Gasteiger partial charge in [0.1, 0.15) is 5.75 Å². The summed E-state index contributed by atoms with van der Waals surface area (Å²) in [5, 5.41) is 14.1. The van der Waals surface area contributed by atoms with Gasteiger partial charge in [0.15, 0.2) is 0 Å². The summed E-state index contributed by atoms with van der Waals surface area (Å²) in [7, 11) is 1.65. The highest BCUT2D eigenvalue weighted by molar-refractivity contribution is 5.38. The molecule has 2 N–H and O–H groups in total. The topological polar surface area (TPSA) is 44.7 Å². The number of rotatable bonds is 5. The average molecular weight is 290 g/mol. The SMILES string of the molecule is COc1ccc(C)cc1C(O)CNC1CCN2CCCC12. The Labute approximate surface area is 127 Å². The lowest BCUT2D eigenvalue weighted by atomic mass is 10.0. The second-order valence-corrected chi connectivity index (χ2v) is 6.31. The van der Waals surface area contributed by atoms with Crippen molar-refractivity contribution in [2.45, 2.75) is 44.4 Å². The fourth-order valence-corrected chi connectivity index (χ4v) is 3.81. The molecule has 1 aromatic rings. The summed E-state index contributed by atoms with van der Waals surface area (Å²) >= 11 is 0. The zero-order chi connectivity index (χ0) is 14.8. The third-order valence-electron chi connectivity index (χ3n) is 4.92. The molecule has 0 saturated carbocycles. The highest BCUT2D eigenvalue weighted by Gasteiger charge is 2.36. The fraction of sp³-hybridized carbons (Fsp3) is 0.647. The van der Waals surface area contributed by atoms with Crippen LogP contribution in [0.15, 0.2) is 18.2 Å². The van der Waals surface area contributed by atoms with Crippen LogP contribution >= 0.6 is 0 Å². The molecule has 4 nitrogen and oxygen atoms in total. The Bertz CT molecular complexity index is 492. The largest absolute Gasteiger partial charge is 0.496 e. The van der Waals surface area contributed by atoms with Crippen LogP contribution in [0.4, 0.5) is 0 Å². The van der Waals surface area contributed by atoms with E-state index in [0.29, 0.717) is 18.6 Å². The predicted molar refractivity (Wildman–Crippen MR) is 83.7 cm³/mol. The van der Waals surface area contributed by atoms with Gasteiger partial charge in [-0.25, -0.2) is 0 Å². The molecule has 0 spiro atoms. The maximum atomic E-state index is 10.5. The lowest BCUT2D eigenvalue weighted by Gasteiger charge is -2.23. The maximum absolute atomic E-state index is 10.5. The number of nitrogens with one attached hydrogen (secondary N) is 1. The second kappa shape index (κ2) is 6.34. The van der Waals surface area contributed by atoms with Crippen molar-refractivity contribution < 1.29 is 9.84 Å². The van der Waals surface area contributed by atoms with Gasteiger partial charge in [-0.05, 0) is 44.9 Å². The number of aliphatic hydroxyl groups excluding tert-OH is 1. The fourth-order valence-electron chi connectivity index (χ4n) is 3.81. The number of fused-ring (bicyclic) bond motifs is 1. The van der Waals surface area contributed by atoms with Crippen molar-refractivity contribution in [3.8, 4) is 5.75 Å². The van der Waals surface area contributed by atoms with Crippen LogP contribution in [0.3, 0.4) is 0 Å². The van der Waals surface area contributed by atoms with Crippen LogP contribution in [0.1, 0.15) is 36.5 Å². The molecular weight excluding hydrogens is 264 g/mol. The van der Waals surface area contributed by atoms with Crippen LogP contribution in [0.2, 0.25) is 0 Å². The van der Waals surface area contributed by atoms with E-state index >= 15 is 0 Å². The molecule has 2 fully saturated rings. The molecule has 4 heteroatoms. The lowest BCUT2D eigenvalue weighted by Crippen LogP contribution is -2.40. The Balaban J connectivity index is 1.61. The number of nitrogens with zero attached hydrogens (tertiary/aromatic N) is 1. The summed E-state index contributed by atoms with van der Waals surface area (Å²) in [5.74, 6) is 0.767. The van der Waals surface area contributed by atoms with E-state index in [1.54, 1.807) is 7.11 Å². The minimum atomic E-state index is -0.518. The number of ether oxygens (including phenoxy) is 1. The zero-order valence-electron chi connectivity index (χ0n) is 13.0. The van der Waals surface area contributed by atoms with Gasteiger partial charge in [0.25, 0.3) is 0 Å². The van der Waals surface area contributed by atoms with E-state index < -0.39 is 6.10 Å². The van der Waals surface area contributed by atoms with Gasteiger partial charge in [0, 0.05) is 30.7 Å². The first-order chi connectivity index (χ1) is 10.2. The third-order valence-corrected chi connectivity index (χ3v) is 4.92. The van der Waals surface area contributed by atoms with Crippen molar-refractivity contribution in [2.75, 3.05) is 26.7 Å². The molecule has 2 aliphatic heterocycles.